The maximum Gasteiger partial charge on any atom is 0.280 e. The lowest BCUT2D eigenvalue weighted by atomic mass is 9.85. The first-order valence-corrected chi connectivity index (χ1v) is 13.8. The van der Waals surface area contributed by atoms with Gasteiger partial charge in [0.25, 0.3) is 11.2 Å². The number of aryl methyl sites for hydroxylation is 1. The maximum atomic E-state index is 13.8. The van der Waals surface area contributed by atoms with Gasteiger partial charge in [0.15, 0.2) is 4.80 Å². The largest absolute Gasteiger partial charge is 0.456 e. The van der Waals surface area contributed by atoms with Gasteiger partial charge in [0.2, 0.25) is 0 Å². The van der Waals surface area contributed by atoms with Crippen LogP contribution >= 0.6 is 22.7 Å². The second-order valence-corrected chi connectivity index (χ2v) is 11.1. The van der Waals surface area contributed by atoms with Crippen LogP contribution in [-0.4, -0.2) is 9.49 Å². The Kier molecular flexibility index (Phi) is 5.34. The van der Waals surface area contributed by atoms with E-state index in [0.717, 1.165) is 29.0 Å². The third-order valence-corrected chi connectivity index (χ3v) is 8.86. The highest BCUT2D eigenvalue weighted by Crippen LogP contribution is 2.42. The van der Waals surface area contributed by atoms with E-state index in [4.69, 9.17) is 9.41 Å². The van der Waals surface area contributed by atoms with E-state index in [1.54, 1.807) is 52.3 Å². The molecule has 4 heterocycles. The van der Waals surface area contributed by atoms with Crippen LogP contribution in [-0.2, 0) is 6.42 Å². The van der Waals surface area contributed by atoms with Gasteiger partial charge < -0.3 is 4.42 Å². The number of para-hydroxylation sites is 1. The summed E-state index contributed by atoms with van der Waals surface area (Å²) in [6, 6.07) is 22.1. The predicted octanol–water partition coefficient (Wildman–Crippen LogP) is 5.55. The lowest BCUT2D eigenvalue weighted by molar-refractivity contribution is -0.384. The fourth-order valence-electron chi connectivity index (χ4n) is 5.26. The minimum Gasteiger partial charge on any atom is -0.456 e. The summed E-state index contributed by atoms with van der Waals surface area (Å²) in [4.78, 5) is 31.6. The lowest BCUT2D eigenvalue weighted by Gasteiger charge is -2.30. The fourth-order valence-corrected chi connectivity index (χ4v) is 7.09. The molecule has 0 unspecified atom stereocenters. The second kappa shape index (κ2) is 8.90. The third kappa shape index (κ3) is 3.62. The molecule has 9 heteroatoms. The van der Waals surface area contributed by atoms with Crippen LogP contribution in [0, 0.1) is 10.1 Å². The number of nitro benzene ring substituents is 1. The Morgan fingerprint density at radius 3 is 2.63 bits per heavy atom. The van der Waals surface area contributed by atoms with Gasteiger partial charge in [0, 0.05) is 22.6 Å². The number of fused-ring (bicyclic) bond motifs is 3. The van der Waals surface area contributed by atoms with Crippen molar-refractivity contribution in [3.05, 3.63) is 135 Å². The first kappa shape index (κ1) is 22.8. The Hall–Kier alpha value is -4.34. The molecule has 0 bridgehead atoms. The monoisotopic (exact) mass is 537 g/mol. The van der Waals surface area contributed by atoms with Crippen LogP contribution in [0.5, 0.6) is 0 Å². The molecule has 0 N–H and O–H groups in total. The highest BCUT2D eigenvalue weighted by atomic mass is 32.1. The quantitative estimate of drug-likeness (QED) is 0.222. The number of benzene rings is 2. The van der Waals surface area contributed by atoms with E-state index in [2.05, 4.69) is 24.3 Å². The molecule has 0 saturated carbocycles. The van der Waals surface area contributed by atoms with E-state index in [1.807, 2.05) is 17.5 Å². The highest BCUT2D eigenvalue weighted by molar-refractivity contribution is 7.10. The van der Waals surface area contributed by atoms with Gasteiger partial charge in [-0.05, 0) is 53.6 Å². The summed E-state index contributed by atoms with van der Waals surface area (Å²) in [6.07, 6.45) is 3.46. The van der Waals surface area contributed by atoms with Gasteiger partial charge >= 0.3 is 0 Å². The normalized spacial score (nSPS) is 16.5. The van der Waals surface area contributed by atoms with Gasteiger partial charge in [-0.15, -0.1) is 11.3 Å². The van der Waals surface area contributed by atoms with Crippen molar-refractivity contribution in [1.29, 1.82) is 0 Å². The number of hydrogen-bond acceptors (Lipinski definition) is 7. The highest BCUT2D eigenvalue weighted by Gasteiger charge is 2.33. The number of thiophene rings is 1. The molecule has 0 saturated heterocycles. The molecule has 0 fully saturated rings. The maximum absolute atomic E-state index is 13.8. The van der Waals surface area contributed by atoms with Crippen molar-refractivity contribution in [2.24, 2.45) is 4.99 Å². The topological polar surface area (TPSA) is 90.6 Å². The number of nitro groups is 1. The van der Waals surface area contributed by atoms with Gasteiger partial charge in [-0.3, -0.25) is 19.5 Å². The van der Waals surface area contributed by atoms with Crippen LogP contribution in [0.2, 0.25) is 0 Å². The van der Waals surface area contributed by atoms with Crippen LogP contribution in [0.4, 0.5) is 5.69 Å². The third-order valence-electron chi connectivity index (χ3n) is 6.95. The summed E-state index contributed by atoms with van der Waals surface area (Å²) in [5, 5.41) is 13.5. The lowest BCUT2D eigenvalue weighted by Crippen LogP contribution is -2.38. The summed E-state index contributed by atoms with van der Waals surface area (Å²) in [5.41, 5.74) is 4.78. The Bertz CT molecular complexity index is 1940. The number of furan rings is 1. The minimum absolute atomic E-state index is 0.0328. The van der Waals surface area contributed by atoms with Gasteiger partial charge in [-0.1, -0.05) is 53.8 Å². The standard InChI is InChI=1S/C29H19N3O4S2/c33-28-25(16-18-12-14-23(36-18)20-8-3-4-9-22(20)32(34)35)38-29-30-26-19-7-2-1-6-17(19)11-13-21(26)27(31(28)29)24-10-5-15-37-24/h1-10,12,14-16,27H,11,13H2/b25-16+/t27-/m1/s1. The molecule has 7 rings (SSSR count). The summed E-state index contributed by atoms with van der Waals surface area (Å²) < 4.78 is 8.26. The van der Waals surface area contributed by atoms with Crippen LogP contribution in [0.25, 0.3) is 23.1 Å². The van der Waals surface area contributed by atoms with Gasteiger partial charge in [-0.2, -0.15) is 0 Å². The molecular formula is C29H19N3O4S2. The Morgan fingerprint density at radius 1 is 1.00 bits per heavy atom. The van der Waals surface area contributed by atoms with Crippen molar-refractivity contribution >= 4 is 40.1 Å². The molecule has 3 aromatic heterocycles. The first-order chi connectivity index (χ1) is 18.6. The molecule has 1 atom stereocenters. The van der Waals surface area contributed by atoms with E-state index >= 15 is 0 Å². The molecule has 0 radical (unpaired) electrons. The van der Waals surface area contributed by atoms with E-state index < -0.39 is 4.92 Å². The predicted molar refractivity (Wildman–Crippen MR) is 148 cm³/mol. The molecule has 7 nitrogen and oxygen atoms in total. The van der Waals surface area contributed by atoms with Crippen molar-refractivity contribution in [1.82, 2.24) is 4.57 Å². The average molecular weight is 538 g/mol. The van der Waals surface area contributed by atoms with E-state index in [0.29, 0.717) is 26.4 Å². The molecule has 0 amide bonds. The van der Waals surface area contributed by atoms with Crippen molar-refractivity contribution < 1.29 is 9.34 Å². The zero-order valence-corrected chi connectivity index (χ0v) is 21.5. The number of aromatic nitrogens is 1. The number of hydrogen-bond donors (Lipinski definition) is 0. The minimum atomic E-state index is -0.430. The smallest absolute Gasteiger partial charge is 0.280 e. The number of rotatable bonds is 4. The SMILES string of the molecule is O=c1/c(=C\c2ccc(-c3ccccc3[N+](=O)[O-])o2)sc2n1[C@@H](c1cccs1)C1=C(N=2)c2ccccc2CC1. The van der Waals surface area contributed by atoms with Gasteiger partial charge in [0.1, 0.15) is 11.5 Å². The average Bonchev–Trinajstić information content (AvgIpc) is 3.69. The Balaban J connectivity index is 1.38. The van der Waals surface area contributed by atoms with E-state index in [9.17, 15) is 14.9 Å². The summed E-state index contributed by atoms with van der Waals surface area (Å²) in [7, 11) is 0. The zero-order valence-electron chi connectivity index (χ0n) is 19.9. The number of thiazole rings is 1. The van der Waals surface area contributed by atoms with Crippen molar-refractivity contribution in [3.63, 3.8) is 0 Å². The molecule has 1 aliphatic carbocycles. The molecule has 1 aliphatic heterocycles. The number of nitrogens with zero attached hydrogens (tertiary/aromatic N) is 3. The zero-order chi connectivity index (χ0) is 25.8. The molecule has 2 aromatic carbocycles. The molecule has 0 spiro atoms. The van der Waals surface area contributed by atoms with Gasteiger partial charge in [0.05, 0.1) is 26.8 Å². The fraction of sp³-hybridized carbons (Fsp3) is 0.103. The first-order valence-electron chi connectivity index (χ1n) is 12.1. The van der Waals surface area contributed by atoms with Crippen LogP contribution in [0.15, 0.2) is 98.0 Å². The van der Waals surface area contributed by atoms with Crippen LogP contribution < -0.4 is 14.9 Å². The summed E-state index contributed by atoms with van der Waals surface area (Å²) in [6.45, 7) is 0. The summed E-state index contributed by atoms with van der Waals surface area (Å²) >= 11 is 2.97. The Labute approximate surface area is 224 Å². The molecule has 2 aliphatic rings. The molecule has 38 heavy (non-hydrogen) atoms. The summed E-state index contributed by atoms with van der Waals surface area (Å²) in [5.74, 6) is 0.824. The van der Waals surface area contributed by atoms with Crippen LogP contribution in [0.1, 0.15) is 34.2 Å². The van der Waals surface area contributed by atoms with Crippen molar-refractivity contribution in [2.45, 2.75) is 18.9 Å². The molecule has 5 aromatic rings. The van der Waals surface area contributed by atoms with Crippen LogP contribution in [0.3, 0.4) is 0 Å². The van der Waals surface area contributed by atoms with Gasteiger partial charge in [-0.25, -0.2) is 4.99 Å². The Morgan fingerprint density at radius 2 is 1.82 bits per heavy atom. The molecular weight excluding hydrogens is 518 g/mol. The van der Waals surface area contributed by atoms with E-state index in [1.165, 1.54) is 28.5 Å². The van der Waals surface area contributed by atoms with Crippen molar-refractivity contribution in [2.75, 3.05) is 0 Å². The number of allylic oxidation sites excluding steroid dienone is 1. The second-order valence-electron chi connectivity index (χ2n) is 9.11. The molecule has 186 valence electrons. The van der Waals surface area contributed by atoms with Crippen molar-refractivity contribution in [3.8, 4) is 11.3 Å². The van der Waals surface area contributed by atoms with E-state index in [-0.39, 0.29) is 17.3 Å².